The molecule has 0 unspecified atom stereocenters. The second kappa shape index (κ2) is 27.0. The number of nitrogens with one attached hydrogen (secondary N) is 1. The van der Waals surface area contributed by atoms with E-state index in [0.29, 0.717) is 23.1 Å². The van der Waals surface area contributed by atoms with Gasteiger partial charge in [-0.15, -0.1) is 0 Å². The number of ketones is 1. The van der Waals surface area contributed by atoms with E-state index in [1.54, 1.807) is 113 Å². The molecule has 4 N–H and O–H groups in total. The van der Waals surface area contributed by atoms with Crippen molar-refractivity contribution in [3.05, 3.63) is 119 Å². The van der Waals surface area contributed by atoms with Crippen molar-refractivity contribution in [2.75, 3.05) is 6.61 Å². The van der Waals surface area contributed by atoms with Gasteiger partial charge in [0, 0.05) is 49.5 Å². The molecule has 434 valence electrons. The number of aliphatic hydroxyl groups is 2. The summed E-state index contributed by atoms with van der Waals surface area (Å²) < 4.78 is 31.4. The Labute approximate surface area is 470 Å². The average Bonchev–Trinajstić information content (AvgIpc) is 1.91. The fourth-order valence-corrected chi connectivity index (χ4v) is 13.4. The Morgan fingerprint density at radius 2 is 1.24 bits per heavy atom. The molecule has 11 atom stereocenters. The largest absolute Gasteiger partial charge is 0.481 e. The number of rotatable bonds is 27. The van der Waals surface area contributed by atoms with Crippen LogP contribution in [-0.2, 0) is 47.7 Å². The topological polar surface area (TPSA) is 238 Å². The smallest absolute Gasteiger partial charge is 0.350 e. The van der Waals surface area contributed by atoms with Crippen molar-refractivity contribution in [3.8, 4) is 0 Å². The van der Waals surface area contributed by atoms with Crippen LogP contribution in [0.3, 0.4) is 0 Å². The van der Waals surface area contributed by atoms with E-state index < -0.39 is 118 Å². The number of carbonyl (C=O) groups excluding carboxylic acids is 6. The monoisotopic (exact) mass is 1110 g/mol. The van der Waals surface area contributed by atoms with E-state index in [1.165, 1.54) is 31.9 Å². The van der Waals surface area contributed by atoms with E-state index in [4.69, 9.17) is 28.8 Å². The lowest BCUT2D eigenvalue weighted by atomic mass is 9.43. The van der Waals surface area contributed by atoms with Crippen LogP contribution in [0, 0.1) is 22.7 Å². The first kappa shape index (κ1) is 61.4. The summed E-state index contributed by atoms with van der Waals surface area (Å²) in [5.41, 5.74) is -5.53. The second-order valence-electron chi connectivity index (χ2n) is 23.4. The summed E-state index contributed by atoms with van der Waals surface area (Å²) in [5, 5.41) is 37.9. The summed E-state index contributed by atoms with van der Waals surface area (Å²) in [7, 11) is 0. The first-order valence-corrected chi connectivity index (χ1v) is 28.9. The van der Waals surface area contributed by atoms with Gasteiger partial charge in [0.1, 0.15) is 35.7 Å². The number of benzene rings is 3. The van der Waals surface area contributed by atoms with Gasteiger partial charge in [0.2, 0.25) is 6.10 Å². The molecular weight excluding hydrogens is 1020 g/mol. The molecule has 16 heteroatoms. The first-order chi connectivity index (χ1) is 38.2. The molecule has 3 aromatic rings. The van der Waals surface area contributed by atoms with Gasteiger partial charge in [-0.25, -0.2) is 9.59 Å². The van der Waals surface area contributed by atoms with Crippen LogP contribution in [0.5, 0.6) is 0 Å². The SMILES string of the molecule is CC(=O)O[C@@]12CO[C@@H]1C[C@H](O)[C@@]1(C)C(=O)[C@H](C)C3=C(C)[C@@H](OC(=O)[C@H](OC(=O)CCCCCCCCCCCCCCCCC(=O)O)[C@@H](NC(=O)c4ccccc4)c4ccccc4)C[C@@](O)([C@@H](OC(=O)c4ccccc4)[C@H]21)C3(C)C. The number of unbranched alkanes of at least 4 members (excludes halogenated alkanes) is 13. The van der Waals surface area contributed by atoms with Crippen molar-refractivity contribution < 1.29 is 72.6 Å². The van der Waals surface area contributed by atoms with Crippen LogP contribution >= 0.6 is 0 Å². The van der Waals surface area contributed by atoms with Crippen LogP contribution in [0.4, 0.5) is 0 Å². The number of carboxylic acid groups (broad SMARTS) is 1. The summed E-state index contributed by atoms with van der Waals surface area (Å²) in [4.78, 5) is 97.4. The maximum atomic E-state index is 15.6. The molecule has 2 saturated carbocycles. The van der Waals surface area contributed by atoms with Gasteiger partial charge in [-0.3, -0.25) is 24.0 Å². The van der Waals surface area contributed by atoms with Crippen LogP contribution in [0.15, 0.2) is 102 Å². The third kappa shape index (κ3) is 13.4. The Balaban J connectivity index is 1.16. The highest BCUT2D eigenvalue weighted by Crippen LogP contribution is 2.65. The number of aliphatic hydroxyl groups excluding tert-OH is 1. The number of esters is 4. The molecule has 1 heterocycles. The van der Waals surface area contributed by atoms with Gasteiger partial charge in [-0.2, -0.15) is 0 Å². The molecule has 4 aliphatic rings. The normalized spacial score (nSPS) is 27.3. The van der Waals surface area contributed by atoms with Crippen molar-refractivity contribution >= 4 is 41.5 Å². The minimum atomic E-state index is -2.25. The Bertz CT molecular complexity index is 2670. The molecule has 1 amide bonds. The third-order valence-electron chi connectivity index (χ3n) is 17.8. The highest BCUT2D eigenvalue weighted by molar-refractivity contribution is 5.95. The lowest BCUT2D eigenvalue weighted by Crippen LogP contribution is -2.81. The number of carbonyl (C=O) groups is 7. The fourth-order valence-electron chi connectivity index (χ4n) is 13.4. The predicted octanol–water partition coefficient (Wildman–Crippen LogP) is 10.3. The average molecular weight is 1110 g/mol. The van der Waals surface area contributed by atoms with Gasteiger partial charge in [0.05, 0.1) is 29.6 Å². The number of aliphatic carboxylic acids is 1. The lowest BCUT2D eigenvalue weighted by Gasteiger charge is -2.67. The first-order valence-electron chi connectivity index (χ1n) is 28.9. The number of hydrogen-bond acceptors (Lipinski definition) is 14. The number of ether oxygens (including phenoxy) is 5. The summed E-state index contributed by atoms with van der Waals surface area (Å²) in [6.45, 7) is 9.35. The van der Waals surface area contributed by atoms with Crippen molar-refractivity contribution in [2.45, 2.75) is 205 Å². The molecule has 0 spiro atoms. The van der Waals surface area contributed by atoms with Crippen LogP contribution in [0.25, 0.3) is 0 Å². The zero-order valence-electron chi connectivity index (χ0n) is 47.5. The zero-order valence-corrected chi connectivity index (χ0v) is 47.5. The van der Waals surface area contributed by atoms with E-state index in [9.17, 15) is 34.2 Å². The van der Waals surface area contributed by atoms with Gasteiger partial charge in [0.15, 0.2) is 5.60 Å². The summed E-state index contributed by atoms with van der Waals surface area (Å²) in [5.74, 6) is -7.56. The molecule has 80 heavy (non-hydrogen) atoms. The molecule has 3 fully saturated rings. The molecule has 16 nitrogen and oxygen atoms in total. The Hall–Kier alpha value is -6.23. The van der Waals surface area contributed by atoms with E-state index >= 15 is 9.59 Å². The van der Waals surface area contributed by atoms with Crippen molar-refractivity contribution in [3.63, 3.8) is 0 Å². The molecule has 3 aliphatic carbocycles. The van der Waals surface area contributed by atoms with Gasteiger partial charge in [-0.1, -0.05) is 165 Å². The standard InChI is InChI=1S/C64H83NO15/c1-41-47(39-64(75)57(79-59(73)46-34-26-21-27-35-46)55-62(6,56(71)42(2)52(41)61(64,4)5)48(67)38-49-63(55,40-76-49)80-43(3)66)77-60(74)54(53(44-30-22-19-23-31-44)65-58(72)45-32-24-20-25-33-45)78-51(70)37-29-18-16-14-12-10-8-7-9-11-13-15-17-28-36-50(68)69/h19-27,30-35,42,47-49,53-55,57,67,75H,7-18,28-29,36-40H2,1-6H3,(H,65,72)(H,68,69)/t42-,47+,48+,49-,53+,54-,55+,57+,62-,63+,64-/m1/s1. The van der Waals surface area contributed by atoms with Gasteiger partial charge < -0.3 is 44.3 Å². The van der Waals surface area contributed by atoms with Gasteiger partial charge in [-0.05, 0) is 67.7 Å². The van der Waals surface area contributed by atoms with Crippen LogP contribution in [0.2, 0.25) is 0 Å². The number of fused-ring (bicyclic) bond motifs is 5. The molecule has 3 aromatic carbocycles. The quantitative estimate of drug-likeness (QED) is 0.0240. The molecule has 2 bridgehead atoms. The minimum Gasteiger partial charge on any atom is -0.481 e. The van der Waals surface area contributed by atoms with Crippen LogP contribution in [-0.4, -0.2) is 105 Å². The second-order valence-corrected chi connectivity index (χ2v) is 23.4. The molecule has 1 saturated heterocycles. The summed E-state index contributed by atoms with van der Waals surface area (Å²) in [6, 6.07) is 23.8. The number of Topliss-reactive ketones (excluding diaryl/α,β-unsaturated/α-hetero) is 1. The maximum Gasteiger partial charge on any atom is 0.350 e. The molecule has 7 rings (SSSR count). The van der Waals surface area contributed by atoms with Crippen molar-refractivity contribution in [1.29, 1.82) is 0 Å². The molecular formula is C64H83NO15. The number of amides is 1. The van der Waals surface area contributed by atoms with Crippen molar-refractivity contribution in [2.24, 2.45) is 22.7 Å². The highest BCUT2D eigenvalue weighted by atomic mass is 16.6. The van der Waals surface area contributed by atoms with E-state index in [-0.39, 0.29) is 37.0 Å². The van der Waals surface area contributed by atoms with Gasteiger partial charge >= 0.3 is 29.8 Å². The number of carboxylic acids is 1. The van der Waals surface area contributed by atoms with E-state index in [1.807, 2.05) is 0 Å². The summed E-state index contributed by atoms with van der Waals surface area (Å²) in [6.07, 6.45) is 6.36. The number of hydrogen-bond donors (Lipinski definition) is 4. The lowest BCUT2D eigenvalue weighted by molar-refractivity contribution is -0.345. The maximum absolute atomic E-state index is 15.6. The van der Waals surface area contributed by atoms with Gasteiger partial charge in [0.25, 0.3) is 5.91 Å². The van der Waals surface area contributed by atoms with Crippen LogP contribution in [0.1, 0.15) is 189 Å². The highest BCUT2D eigenvalue weighted by Gasteiger charge is 2.77. The molecule has 1 aliphatic heterocycles. The Kier molecular flexibility index (Phi) is 20.7. The Morgan fingerprint density at radius 3 is 1.75 bits per heavy atom. The fraction of sp³-hybridized carbons (Fsp3) is 0.578. The Morgan fingerprint density at radius 1 is 0.725 bits per heavy atom. The minimum absolute atomic E-state index is 0.0242. The third-order valence-corrected chi connectivity index (χ3v) is 17.8. The van der Waals surface area contributed by atoms with Crippen molar-refractivity contribution in [1.82, 2.24) is 5.32 Å². The molecule has 0 radical (unpaired) electrons. The van der Waals surface area contributed by atoms with E-state index in [0.717, 1.165) is 70.6 Å². The summed E-state index contributed by atoms with van der Waals surface area (Å²) >= 11 is 0. The molecule has 0 aromatic heterocycles. The van der Waals surface area contributed by atoms with E-state index in [2.05, 4.69) is 5.32 Å². The van der Waals surface area contributed by atoms with Crippen LogP contribution < -0.4 is 5.32 Å². The zero-order chi connectivity index (χ0) is 57.8. The predicted molar refractivity (Wildman–Crippen MR) is 297 cm³/mol.